The van der Waals surface area contributed by atoms with Crippen LogP contribution in [-0.2, 0) is 16.1 Å². The number of anilines is 1. The molecule has 0 radical (unpaired) electrons. The van der Waals surface area contributed by atoms with Crippen LogP contribution in [0.5, 0.6) is 5.75 Å². The van der Waals surface area contributed by atoms with Crippen LogP contribution in [0, 0.1) is 12.8 Å². The van der Waals surface area contributed by atoms with Crippen molar-refractivity contribution in [3.05, 3.63) is 59.7 Å². The van der Waals surface area contributed by atoms with Crippen LogP contribution in [0.25, 0.3) is 0 Å². The second-order valence-electron chi connectivity index (χ2n) is 6.27. The van der Waals surface area contributed by atoms with Gasteiger partial charge >= 0.3 is 0 Å². The fourth-order valence-electron chi connectivity index (χ4n) is 3.10. The Balaban J connectivity index is 1.63. The quantitative estimate of drug-likeness (QED) is 0.912. The Morgan fingerprint density at radius 1 is 1.24 bits per heavy atom. The zero-order valence-electron chi connectivity index (χ0n) is 14.5. The standard InChI is InChI=1S/C20H22N2O3/c1-14-6-5-8-17(10-14)22-13-16(11-19(22)23)20(24)21-12-15-7-3-4-9-18(15)25-2/h3-10,16H,11-13H2,1-2H3,(H,21,24). The molecule has 1 heterocycles. The number of hydrogen-bond acceptors (Lipinski definition) is 3. The van der Waals surface area contributed by atoms with Gasteiger partial charge in [0.05, 0.1) is 13.0 Å². The molecular weight excluding hydrogens is 316 g/mol. The highest BCUT2D eigenvalue weighted by Gasteiger charge is 2.35. The molecule has 3 rings (SSSR count). The van der Waals surface area contributed by atoms with Gasteiger partial charge in [-0.1, -0.05) is 30.3 Å². The summed E-state index contributed by atoms with van der Waals surface area (Å²) in [4.78, 5) is 26.5. The largest absolute Gasteiger partial charge is 0.496 e. The molecule has 1 aliphatic rings. The van der Waals surface area contributed by atoms with Crippen molar-refractivity contribution in [1.82, 2.24) is 5.32 Å². The van der Waals surface area contributed by atoms with Gasteiger partial charge in [-0.05, 0) is 30.7 Å². The molecule has 1 fully saturated rings. The Labute approximate surface area is 147 Å². The van der Waals surface area contributed by atoms with Crippen molar-refractivity contribution in [2.75, 3.05) is 18.6 Å². The van der Waals surface area contributed by atoms with E-state index < -0.39 is 0 Å². The van der Waals surface area contributed by atoms with Gasteiger partial charge in [0.15, 0.2) is 0 Å². The summed E-state index contributed by atoms with van der Waals surface area (Å²) in [5.74, 6) is 0.298. The average Bonchev–Trinajstić information content (AvgIpc) is 3.02. The van der Waals surface area contributed by atoms with E-state index in [0.717, 1.165) is 22.6 Å². The van der Waals surface area contributed by atoms with E-state index in [1.54, 1.807) is 12.0 Å². The Morgan fingerprint density at radius 3 is 2.80 bits per heavy atom. The SMILES string of the molecule is COc1ccccc1CNC(=O)C1CC(=O)N(c2cccc(C)c2)C1. The smallest absolute Gasteiger partial charge is 0.227 e. The number of rotatable bonds is 5. The molecule has 25 heavy (non-hydrogen) atoms. The van der Waals surface area contributed by atoms with E-state index >= 15 is 0 Å². The lowest BCUT2D eigenvalue weighted by Crippen LogP contribution is -2.32. The average molecular weight is 338 g/mol. The van der Waals surface area contributed by atoms with Crippen molar-refractivity contribution >= 4 is 17.5 Å². The van der Waals surface area contributed by atoms with E-state index in [1.165, 1.54) is 0 Å². The molecule has 0 saturated carbocycles. The summed E-state index contributed by atoms with van der Waals surface area (Å²) >= 11 is 0. The fraction of sp³-hybridized carbons (Fsp3) is 0.300. The Morgan fingerprint density at radius 2 is 2.04 bits per heavy atom. The molecule has 2 aromatic rings. The van der Waals surface area contributed by atoms with Crippen molar-refractivity contribution in [2.24, 2.45) is 5.92 Å². The lowest BCUT2D eigenvalue weighted by Gasteiger charge is -2.17. The summed E-state index contributed by atoms with van der Waals surface area (Å²) in [5.41, 5.74) is 2.86. The van der Waals surface area contributed by atoms with Gasteiger partial charge in [0, 0.05) is 30.8 Å². The molecule has 1 unspecified atom stereocenters. The number of carbonyl (C=O) groups excluding carboxylic acids is 2. The third kappa shape index (κ3) is 3.82. The molecule has 0 spiro atoms. The first-order valence-corrected chi connectivity index (χ1v) is 8.35. The van der Waals surface area contributed by atoms with Crippen LogP contribution in [-0.4, -0.2) is 25.5 Å². The first kappa shape index (κ1) is 17.0. The van der Waals surface area contributed by atoms with E-state index in [1.807, 2.05) is 55.5 Å². The predicted octanol–water partition coefficient (Wildman–Crippen LogP) is 2.67. The molecule has 130 valence electrons. The number of amides is 2. The third-order valence-electron chi connectivity index (χ3n) is 4.45. The second kappa shape index (κ2) is 7.38. The van der Waals surface area contributed by atoms with Gasteiger partial charge in [0.25, 0.3) is 0 Å². The van der Waals surface area contributed by atoms with Crippen molar-refractivity contribution in [2.45, 2.75) is 19.9 Å². The fourth-order valence-corrected chi connectivity index (χ4v) is 3.10. The maximum atomic E-state index is 12.5. The summed E-state index contributed by atoms with van der Waals surface area (Å²) in [7, 11) is 1.61. The summed E-state index contributed by atoms with van der Waals surface area (Å²) in [6, 6.07) is 15.3. The lowest BCUT2D eigenvalue weighted by atomic mass is 10.1. The maximum absolute atomic E-state index is 12.5. The van der Waals surface area contributed by atoms with Crippen LogP contribution in [0.4, 0.5) is 5.69 Å². The minimum Gasteiger partial charge on any atom is -0.496 e. The Bertz CT molecular complexity index is 788. The molecule has 1 N–H and O–H groups in total. The minimum atomic E-state index is -0.331. The van der Waals surface area contributed by atoms with E-state index in [-0.39, 0.29) is 24.2 Å². The van der Waals surface area contributed by atoms with E-state index in [9.17, 15) is 9.59 Å². The van der Waals surface area contributed by atoms with Gasteiger partial charge in [0.1, 0.15) is 5.75 Å². The van der Waals surface area contributed by atoms with E-state index in [4.69, 9.17) is 4.74 Å². The Hall–Kier alpha value is -2.82. The van der Waals surface area contributed by atoms with Gasteiger partial charge in [-0.2, -0.15) is 0 Å². The molecule has 1 aliphatic heterocycles. The lowest BCUT2D eigenvalue weighted by molar-refractivity contribution is -0.126. The van der Waals surface area contributed by atoms with Crippen molar-refractivity contribution in [3.63, 3.8) is 0 Å². The second-order valence-corrected chi connectivity index (χ2v) is 6.27. The molecule has 0 aromatic heterocycles. The number of ether oxygens (including phenoxy) is 1. The van der Waals surface area contributed by atoms with Crippen LogP contribution in [0.2, 0.25) is 0 Å². The number of nitrogens with one attached hydrogen (secondary N) is 1. The molecule has 1 saturated heterocycles. The van der Waals surface area contributed by atoms with Gasteiger partial charge in [-0.3, -0.25) is 9.59 Å². The first-order chi connectivity index (χ1) is 12.1. The normalized spacial score (nSPS) is 16.8. The third-order valence-corrected chi connectivity index (χ3v) is 4.45. The summed E-state index contributed by atoms with van der Waals surface area (Å²) in [6.07, 6.45) is 0.242. The number of methoxy groups -OCH3 is 1. The van der Waals surface area contributed by atoms with Crippen molar-refractivity contribution < 1.29 is 14.3 Å². The zero-order valence-corrected chi connectivity index (χ0v) is 14.5. The zero-order chi connectivity index (χ0) is 17.8. The molecule has 0 aliphatic carbocycles. The molecule has 5 heteroatoms. The number of benzene rings is 2. The minimum absolute atomic E-state index is 0.0111. The molecule has 2 amide bonds. The van der Waals surface area contributed by atoms with Crippen LogP contribution in [0.1, 0.15) is 17.5 Å². The van der Waals surface area contributed by atoms with Crippen molar-refractivity contribution in [3.8, 4) is 5.75 Å². The number of carbonyl (C=O) groups is 2. The first-order valence-electron chi connectivity index (χ1n) is 8.35. The maximum Gasteiger partial charge on any atom is 0.227 e. The van der Waals surface area contributed by atoms with Crippen LogP contribution < -0.4 is 15.0 Å². The number of hydrogen-bond donors (Lipinski definition) is 1. The highest BCUT2D eigenvalue weighted by Crippen LogP contribution is 2.26. The van der Waals surface area contributed by atoms with Gasteiger partial charge < -0.3 is 15.0 Å². The monoisotopic (exact) mass is 338 g/mol. The molecule has 1 atom stereocenters. The highest BCUT2D eigenvalue weighted by molar-refractivity contribution is 6.00. The van der Waals surface area contributed by atoms with Gasteiger partial charge in [-0.25, -0.2) is 0 Å². The number of nitrogens with zero attached hydrogens (tertiary/aromatic N) is 1. The van der Waals surface area contributed by atoms with Crippen LogP contribution in [0.15, 0.2) is 48.5 Å². The highest BCUT2D eigenvalue weighted by atomic mass is 16.5. The molecule has 2 aromatic carbocycles. The molecule has 5 nitrogen and oxygen atoms in total. The molecular formula is C20H22N2O3. The number of aryl methyl sites for hydroxylation is 1. The Kier molecular flexibility index (Phi) is 5.03. The van der Waals surface area contributed by atoms with Crippen molar-refractivity contribution in [1.29, 1.82) is 0 Å². The van der Waals surface area contributed by atoms with E-state index in [0.29, 0.717) is 13.1 Å². The predicted molar refractivity (Wildman–Crippen MR) is 96.5 cm³/mol. The van der Waals surface area contributed by atoms with Gasteiger partial charge in [-0.15, -0.1) is 0 Å². The van der Waals surface area contributed by atoms with Crippen LogP contribution >= 0.6 is 0 Å². The summed E-state index contributed by atoms with van der Waals surface area (Å²) < 4.78 is 5.29. The summed E-state index contributed by atoms with van der Waals surface area (Å²) in [6.45, 7) is 2.79. The number of para-hydroxylation sites is 1. The summed E-state index contributed by atoms with van der Waals surface area (Å²) in [5, 5.41) is 2.92. The topological polar surface area (TPSA) is 58.6 Å². The van der Waals surface area contributed by atoms with Gasteiger partial charge in [0.2, 0.25) is 11.8 Å². The molecule has 0 bridgehead atoms. The van der Waals surface area contributed by atoms with Crippen LogP contribution in [0.3, 0.4) is 0 Å². The van der Waals surface area contributed by atoms with E-state index in [2.05, 4.69) is 5.32 Å².